The Hall–Kier alpha value is -1.34. The number of hydrogen-bond donors (Lipinski definition) is 1. The van der Waals surface area contributed by atoms with Crippen LogP contribution in [0.2, 0.25) is 0 Å². The lowest BCUT2D eigenvalue weighted by molar-refractivity contribution is 0.0125. The molecule has 1 saturated carbocycles. The summed E-state index contributed by atoms with van der Waals surface area (Å²) in [5.41, 5.74) is 0.207. The SMILES string of the molecule is Cc1ccc(C(=O)N2CCC3(CC2)CC(NS(C)(=O)=O)C3)o1. The van der Waals surface area contributed by atoms with Crippen LogP contribution >= 0.6 is 0 Å². The second-order valence-corrected chi connectivity index (χ2v) is 8.48. The van der Waals surface area contributed by atoms with Crippen LogP contribution in [0.15, 0.2) is 16.5 Å². The van der Waals surface area contributed by atoms with Crippen LogP contribution in [0.25, 0.3) is 0 Å². The molecule has 2 aliphatic rings. The number of nitrogens with zero attached hydrogens (tertiary/aromatic N) is 1. The zero-order chi connectivity index (χ0) is 16.0. The van der Waals surface area contributed by atoms with Crippen molar-refractivity contribution in [1.82, 2.24) is 9.62 Å². The van der Waals surface area contributed by atoms with Gasteiger partial charge < -0.3 is 9.32 Å². The van der Waals surface area contributed by atoms with Gasteiger partial charge in [0.1, 0.15) is 5.76 Å². The van der Waals surface area contributed by atoms with Gasteiger partial charge in [-0.3, -0.25) is 4.79 Å². The summed E-state index contributed by atoms with van der Waals surface area (Å²) in [5, 5.41) is 0. The van der Waals surface area contributed by atoms with E-state index in [2.05, 4.69) is 4.72 Å². The van der Waals surface area contributed by atoms with Crippen LogP contribution in [0.3, 0.4) is 0 Å². The van der Waals surface area contributed by atoms with E-state index < -0.39 is 10.0 Å². The van der Waals surface area contributed by atoms with E-state index in [0.717, 1.165) is 31.4 Å². The minimum absolute atomic E-state index is 0.0481. The molecule has 122 valence electrons. The molecule has 6 nitrogen and oxygen atoms in total. The van der Waals surface area contributed by atoms with E-state index in [0.29, 0.717) is 18.8 Å². The molecular formula is C15H22N2O4S. The average molecular weight is 326 g/mol. The lowest BCUT2D eigenvalue weighted by atomic mass is 9.60. The van der Waals surface area contributed by atoms with Gasteiger partial charge >= 0.3 is 0 Å². The number of carbonyl (C=O) groups excluding carboxylic acids is 1. The van der Waals surface area contributed by atoms with E-state index in [1.165, 1.54) is 6.26 Å². The maximum absolute atomic E-state index is 12.3. The molecule has 0 bridgehead atoms. The van der Waals surface area contributed by atoms with E-state index in [1.54, 1.807) is 12.1 Å². The van der Waals surface area contributed by atoms with Gasteiger partial charge in [0, 0.05) is 19.1 Å². The molecule has 0 atom stereocenters. The predicted octanol–water partition coefficient (Wildman–Crippen LogP) is 1.52. The van der Waals surface area contributed by atoms with Gasteiger partial charge in [-0.25, -0.2) is 13.1 Å². The summed E-state index contributed by atoms with van der Waals surface area (Å²) in [6.07, 6.45) is 4.81. The largest absolute Gasteiger partial charge is 0.456 e. The molecule has 3 rings (SSSR count). The molecule has 1 amide bonds. The zero-order valence-corrected chi connectivity index (χ0v) is 13.8. The monoisotopic (exact) mass is 326 g/mol. The number of rotatable bonds is 3. The molecule has 1 spiro atoms. The average Bonchev–Trinajstić information content (AvgIpc) is 2.82. The van der Waals surface area contributed by atoms with Crippen LogP contribution in [0.4, 0.5) is 0 Å². The first-order valence-corrected chi connectivity index (χ1v) is 9.49. The third kappa shape index (κ3) is 3.20. The zero-order valence-electron chi connectivity index (χ0n) is 13.0. The quantitative estimate of drug-likeness (QED) is 0.913. The third-order valence-corrected chi connectivity index (χ3v) is 5.56. The number of piperidine rings is 1. The molecule has 1 saturated heterocycles. The number of nitrogens with one attached hydrogen (secondary N) is 1. The fourth-order valence-corrected chi connectivity index (χ4v) is 4.44. The Bertz CT molecular complexity index is 663. The van der Waals surface area contributed by atoms with Crippen molar-refractivity contribution in [2.75, 3.05) is 19.3 Å². The fraction of sp³-hybridized carbons (Fsp3) is 0.667. The van der Waals surface area contributed by atoms with Gasteiger partial charge in [-0.05, 0) is 50.2 Å². The maximum Gasteiger partial charge on any atom is 0.289 e. The van der Waals surface area contributed by atoms with E-state index >= 15 is 0 Å². The van der Waals surface area contributed by atoms with Crippen molar-refractivity contribution in [1.29, 1.82) is 0 Å². The number of furan rings is 1. The summed E-state index contributed by atoms with van der Waals surface area (Å²) in [5.74, 6) is 1.09. The Labute approximate surface area is 130 Å². The van der Waals surface area contributed by atoms with Gasteiger partial charge in [0.05, 0.1) is 6.26 Å². The highest BCUT2D eigenvalue weighted by Gasteiger charge is 2.47. The number of hydrogen-bond acceptors (Lipinski definition) is 4. The number of amides is 1. The number of likely N-dealkylation sites (tertiary alicyclic amines) is 1. The fourth-order valence-electron chi connectivity index (χ4n) is 3.67. The van der Waals surface area contributed by atoms with E-state index in [1.807, 2.05) is 11.8 Å². The molecular weight excluding hydrogens is 304 g/mol. The van der Waals surface area contributed by atoms with Crippen LogP contribution in [-0.2, 0) is 10.0 Å². The Balaban J connectivity index is 1.52. The molecule has 0 radical (unpaired) electrons. The van der Waals surface area contributed by atoms with Gasteiger partial charge in [-0.15, -0.1) is 0 Å². The third-order valence-electron chi connectivity index (χ3n) is 4.80. The van der Waals surface area contributed by atoms with Gasteiger partial charge in [0.2, 0.25) is 10.0 Å². The molecule has 2 fully saturated rings. The lowest BCUT2D eigenvalue weighted by Crippen LogP contribution is -2.55. The van der Waals surface area contributed by atoms with Crippen molar-refractivity contribution in [2.24, 2.45) is 5.41 Å². The molecule has 2 heterocycles. The first-order valence-electron chi connectivity index (χ1n) is 7.59. The highest BCUT2D eigenvalue weighted by molar-refractivity contribution is 7.88. The Morgan fingerprint density at radius 1 is 1.32 bits per heavy atom. The van der Waals surface area contributed by atoms with Gasteiger partial charge in [-0.2, -0.15) is 0 Å². The van der Waals surface area contributed by atoms with Crippen molar-refractivity contribution in [3.63, 3.8) is 0 Å². The summed E-state index contributed by atoms with van der Waals surface area (Å²) < 4.78 is 30.5. The first-order chi connectivity index (χ1) is 10.3. The highest BCUT2D eigenvalue weighted by Crippen LogP contribution is 2.49. The second kappa shape index (κ2) is 5.38. The Morgan fingerprint density at radius 3 is 2.45 bits per heavy atom. The highest BCUT2D eigenvalue weighted by atomic mass is 32.2. The van der Waals surface area contributed by atoms with Crippen LogP contribution in [-0.4, -0.2) is 44.6 Å². The Kier molecular flexibility index (Phi) is 3.81. The van der Waals surface area contributed by atoms with Gasteiger partial charge in [0.15, 0.2) is 5.76 Å². The summed E-state index contributed by atoms with van der Waals surface area (Å²) in [6.45, 7) is 3.25. The molecule has 7 heteroatoms. The summed E-state index contributed by atoms with van der Waals surface area (Å²) in [6, 6.07) is 3.58. The summed E-state index contributed by atoms with van der Waals surface area (Å²) >= 11 is 0. The molecule has 1 aliphatic heterocycles. The van der Waals surface area contributed by atoms with Crippen molar-refractivity contribution >= 4 is 15.9 Å². The van der Waals surface area contributed by atoms with E-state index in [9.17, 15) is 13.2 Å². The second-order valence-electron chi connectivity index (χ2n) is 6.70. The predicted molar refractivity (Wildman–Crippen MR) is 82.0 cm³/mol. The van der Waals surface area contributed by atoms with E-state index in [-0.39, 0.29) is 17.4 Å². The molecule has 0 unspecified atom stereocenters. The molecule has 1 aromatic rings. The number of carbonyl (C=O) groups is 1. The van der Waals surface area contributed by atoms with E-state index in [4.69, 9.17) is 4.42 Å². The van der Waals surface area contributed by atoms with Crippen LogP contribution in [0.1, 0.15) is 42.0 Å². The van der Waals surface area contributed by atoms with Crippen LogP contribution in [0, 0.1) is 12.3 Å². The smallest absolute Gasteiger partial charge is 0.289 e. The van der Waals surface area contributed by atoms with Gasteiger partial charge in [-0.1, -0.05) is 0 Å². The van der Waals surface area contributed by atoms with Crippen LogP contribution < -0.4 is 4.72 Å². The maximum atomic E-state index is 12.3. The Morgan fingerprint density at radius 2 is 1.95 bits per heavy atom. The summed E-state index contributed by atoms with van der Waals surface area (Å²) in [4.78, 5) is 14.2. The van der Waals surface area contributed by atoms with Gasteiger partial charge in [0.25, 0.3) is 5.91 Å². The molecule has 22 heavy (non-hydrogen) atoms. The molecule has 0 aromatic carbocycles. The summed E-state index contributed by atoms with van der Waals surface area (Å²) in [7, 11) is -3.12. The standard InChI is InChI=1S/C15H22N2O4S/c1-11-3-4-13(21-11)14(18)17-7-5-15(6-8-17)9-12(10-15)16-22(2,19)20/h3-4,12,16H,5-10H2,1-2H3. The molecule has 1 N–H and O–H groups in total. The number of aryl methyl sites for hydroxylation is 1. The van der Waals surface area contributed by atoms with Crippen molar-refractivity contribution < 1.29 is 17.6 Å². The molecule has 1 aromatic heterocycles. The minimum atomic E-state index is -3.12. The normalized spacial score (nSPS) is 21.8. The molecule has 1 aliphatic carbocycles. The van der Waals surface area contributed by atoms with Crippen molar-refractivity contribution in [3.05, 3.63) is 23.7 Å². The van der Waals surface area contributed by atoms with Crippen molar-refractivity contribution in [2.45, 2.75) is 38.6 Å². The number of sulfonamides is 1. The topological polar surface area (TPSA) is 79.6 Å². The minimum Gasteiger partial charge on any atom is -0.456 e. The lowest BCUT2D eigenvalue weighted by Gasteiger charge is -2.52. The van der Waals surface area contributed by atoms with Crippen LogP contribution in [0.5, 0.6) is 0 Å². The van der Waals surface area contributed by atoms with Crippen molar-refractivity contribution in [3.8, 4) is 0 Å². The first kappa shape index (κ1) is 15.6.